The lowest BCUT2D eigenvalue weighted by Crippen LogP contribution is -2.24. The van der Waals surface area contributed by atoms with Crippen LogP contribution in [0.5, 0.6) is 5.75 Å². The molecule has 0 fully saturated rings. The minimum Gasteiger partial charge on any atom is -0.462 e. The van der Waals surface area contributed by atoms with Crippen LogP contribution in [0.15, 0.2) is 24.3 Å². The standard InChI is InChI=1S/C10H13O3/c1-11-8-10(12-2)13-9-6-4-3-5-7-9/h4-7,10H,8H2,1-2H3. The number of benzene rings is 1. The molecule has 0 aliphatic carbocycles. The van der Waals surface area contributed by atoms with Gasteiger partial charge < -0.3 is 14.2 Å². The normalized spacial score (nSPS) is 12.5. The summed E-state index contributed by atoms with van der Waals surface area (Å²) in [7, 11) is 3.19. The van der Waals surface area contributed by atoms with E-state index in [0.29, 0.717) is 6.61 Å². The molecule has 0 N–H and O–H groups in total. The van der Waals surface area contributed by atoms with E-state index in [0.717, 1.165) is 5.75 Å². The maximum absolute atomic E-state index is 5.44. The number of hydrogen-bond acceptors (Lipinski definition) is 3. The summed E-state index contributed by atoms with van der Waals surface area (Å²) >= 11 is 0. The van der Waals surface area contributed by atoms with Gasteiger partial charge in [0.05, 0.1) is 0 Å². The Hall–Kier alpha value is -1.06. The highest BCUT2D eigenvalue weighted by atomic mass is 16.7. The second-order valence-electron chi connectivity index (χ2n) is 2.47. The van der Waals surface area contributed by atoms with Crippen molar-refractivity contribution in [2.24, 2.45) is 0 Å². The lowest BCUT2D eigenvalue weighted by atomic mass is 10.3. The van der Waals surface area contributed by atoms with E-state index >= 15 is 0 Å². The molecule has 3 heteroatoms. The fourth-order valence-corrected chi connectivity index (χ4v) is 0.888. The third kappa shape index (κ3) is 3.44. The number of ether oxygens (including phenoxy) is 3. The van der Waals surface area contributed by atoms with Gasteiger partial charge in [0.1, 0.15) is 12.4 Å². The molecule has 0 heterocycles. The third-order valence-corrected chi connectivity index (χ3v) is 1.52. The SMILES string of the molecule is COCC(OC)Oc1cc[c]cc1. The van der Waals surface area contributed by atoms with Gasteiger partial charge in [-0.1, -0.05) is 12.1 Å². The first-order valence-corrected chi connectivity index (χ1v) is 4.01. The second-order valence-corrected chi connectivity index (χ2v) is 2.47. The molecule has 1 unspecified atom stereocenters. The zero-order valence-corrected chi connectivity index (χ0v) is 7.82. The first-order chi connectivity index (χ1) is 6.36. The van der Waals surface area contributed by atoms with Crippen LogP contribution < -0.4 is 4.74 Å². The molecule has 1 atom stereocenters. The van der Waals surface area contributed by atoms with Crippen molar-refractivity contribution in [2.45, 2.75) is 6.29 Å². The fourth-order valence-electron chi connectivity index (χ4n) is 0.888. The van der Waals surface area contributed by atoms with E-state index in [2.05, 4.69) is 6.07 Å². The summed E-state index contributed by atoms with van der Waals surface area (Å²) in [6.45, 7) is 0.412. The maximum atomic E-state index is 5.44. The Kier molecular flexibility index (Phi) is 4.29. The van der Waals surface area contributed by atoms with Crippen molar-refractivity contribution in [2.75, 3.05) is 20.8 Å². The zero-order valence-electron chi connectivity index (χ0n) is 7.82. The average molecular weight is 181 g/mol. The first kappa shape index (κ1) is 10.0. The maximum Gasteiger partial charge on any atom is 0.223 e. The van der Waals surface area contributed by atoms with Gasteiger partial charge in [-0.15, -0.1) is 0 Å². The van der Waals surface area contributed by atoms with Crippen LogP contribution in [0.1, 0.15) is 0 Å². The largest absolute Gasteiger partial charge is 0.462 e. The number of hydrogen-bond donors (Lipinski definition) is 0. The van der Waals surface area contributed by atoms with Crippen LogP contribution in [0.25, 0.3) is 0 Å². The molecule has 1 radical (unpaired) electrons. The van der Waals surface area contributed by atoms with Crippen LogP contribution in [0, 0.1) is 6.07 Å². The van der Waals surface area contributed by atoms with Gasteiger partial charge in [-0.05, 0) is 18.2 Å². The smallest absolute Gasteiger partial charge is 0.223 e. The van der Waals surface area contributed by atoms with Crippen LogP contribution in [0.4, 0.5) is 0 Å². The quantitative estimate of drug-likeness (QED) is 0.644. The molecule has 1 aromatic carbocycles. The van der Waals surface area contributed by atoms with E-state index in [1.807, 2.05) is 12.1 Å². The van der Waals surface area contributed by atoms with Gasteiger partial charge in [0.2, 0.25) is 6.29 Å². The van der Waals surface area contributed by atoms with Crippen molar-refractivity contribution >= 4 is 0 Å². The fraction of sp³-hybridized carbons (Fsp3) is 0.400. The van der Waals surface area contributed by atoms with Crippen molar-refractivity contribution < 1.29 is 14.2 Å². The summed E-state index contributed by atoms with van der Waals surface area (Å²) in [5, 5.41) is 0. The van der Waals surface area contributed by atoms with Gasteiger partial charge in [0.15, 0.2) is 0 Å². The van der Waals surface area contributed by atoms with Gasteiger partial charge in [-0.25, -0.2) is 0 Å². The van der Waals surface area contributed by atoms with Gasteiger partial charge in [0.25, 0.3) is 0 Å². The molecule has 0 amide bonds. The van der Waals surface area contributed by atoms with Crippen molar-refractivity contribution in [3.8, 4) is 5.75 Å². The van der Waals surface area contributed by atoms with Crippen molar-refractivity contribution in [3.05, 3.63) is 30.3 Å². The van der Waals surface area contributed by atoms with Crippen LogP contribution in [0.3, 0.4) is 0 Å². The van der Waals surface area contributed by atoms with Crippen molar-refractivity contribution in [3.63, 3.8) is 0 Å². The highest BCUT2D eigenvalue weighted by Gasteiger charge is 2.07. The molecule has 1 aromatic rings. The molecule has 0 aliphatic rings. The molecule has 0 aliphatic heterocycles. The molecule has 0 saturated carbocycles. The predicted molar refractivity (Wildman–Crippen MR) is 48.6 cm³/mol. The average Bonchev–Trinajstić information content (AvgIpc) is 2.19. The lowest BCUT2D eigenvalue weighted by molar-refractivity contribution is -0.0931. The summed E-state index contributed by atoms with van der Waals surface area (Å²) in [6, 6.07) is 10.1. The molecule has 0 aromatic heterocycles. The summed E-state index contributed by atoms with van der Waals surface area (Å²) < 4.78 is 15.4. The monoisotopic (exact) mass is 181 g/mol. The van der Waals surface area contributed by atoms with E-state index in [1.165, 1.54) is 0 Å². The Morgan fingerprint density at radius 3 is 2.54 bits per heavy atom. The molecule has 0 saturated heterocycles. The minimum absolute atomic E-state index is 0.354. The van der Waals surface area contributed by atoms with Gasteiger partial charge in [-0.3, -0.25) is 0 Å². The molecule has 0 spiro atoms. The Morgan fingerprint density at radius 2 is 2.00 bits per heavy atom. The van der Waals surface area contributed by atoms with Gasteiger partial charge >= 0.3 is 0 Å². The van der Waals surface area contributed by atoms with Gasteiger partial charge in [-0.2, -0.15) is 0 Å². The summed E-state index contributed by atoms with van der Waals surface area (Å²) in [4.78, 5) is 0. The molecule has 0 bridgehead atoms. The molecule has 1 rings (SSSR count). The third-order valence-electron chi connectivity index (χ3n) is 1.52. The van der Waals surface area contributed by atoms with E-state index in [-0.39, 0.29) is 6.29 Å². The first-order valence-electron chi connectivity index (χ1n) is 4.01. The molecule has 3 nitrogen and oxygen atoms in total. The number of rotatable bonds is 5. The van der Waals surface area contributed by atoms with Crippen LogP contribution in [-0.4, -0.2) is 27.1 Å². The Balaban J connectivity index is 2.46. The van der Waals surface area contributed by atoms with Crippen LogP contribution >= 0.6 is 0 Å². The molecule has 13 heavy (non-hydrogen) atoms. The highest BCUT2D eigenvalue weighted by Crippen LogP contribution is 2.10. The highest BCUT2D eigenvalue weighted by molar-refractivity contribution is 5.20. The van der Waals surface area contributed by atoms with Crippen LogP contribution in [-0.2, 0) is 9.47 Å². The molecular formula is C10H13O3. The van der Waals surface area contributed by atoms with Crippen molar-refractivity contribution in [1.29, 1.82) is 0 Å². The topological polar surface area (TPSA) is 27.7 Å². The summed E-state index contributed by atoms with van der Waals surface area (Å²) in [6.07, 6.45) is -0.354. The second kappa shape index (κ2) is 5.56. The predicted octanol–water partition coefficient (Wildman–Crippen LogP) is 1.48. The van der Waals surface area contributed by atoms with E-state index in [1.54, 1.807) is 26.4 Å². The lowest BCUT2D eigenvalue weighted by Gasteiger charge is -2.15. The zero-order chi connectivity index (χ0) is 9.52. The summed E-state index contributed by atoms with van der Waals surface area (Å²) in [5.74, 6) is 0.752. The van der Waals surface area contributed by atoms with E-state index in [4.69, 9.17) is 14.2 Å². The molecular weight excluding hydrogens is 168 g/mol. The Morgan fingerprint density at radius 1 is 1.31 bits per heavy atom. The summed E-state index contributed by atoms with van der Waals surface area (Å²) in [5.41, 5.74) is 0. The van der Waals surface area contributed by atoms with E-state index in [9.17, 15) is 0 Å². The Labute approximate surface area is 78.2 Å². The van der Waals surface area contributed by atoms with E-state index < -0.39 is 0 Å². The number of methoxy groups -OCH3 is 2. The molecule has 71 valence electrons. The van der Waals surface area contributed by atoms with Gasteiger partial charge in [0, 0.05) is 14.2 Å². The minimum atomic E-state index is -0.354. The van der Waals surface area contributed by atoms with Crippen molar-refractivity contribution in [1.82, 2.24) is 0 Å². The Bertz CT molecular complexity index is 223. The van der Waals surface area contributed by atoms with Crippen LogP contribution in [0.2, 0.25) is 0 Å².